The van der Waals surface area contributed by atoms with Crippen LogP contribution in [0.3, 0.4) is 0 Å². The molecule has 1 aromatic carbocycles. The number of ether oxygens (including phenoxy) is 1. The summed E-state index contributed by atoms with van der Waals surface area (Å²) in [6.07, 6.45) is 4.27. The highest BCUT2D eigenvalue weighted by molar-refractivity contribution is 7.09. The summed E-state index contributed by atoms with van der Waals surface area (Å²) >= 11 is 1.18. The Morgan fingerprint density at radius 2 is 2.11 bits per heavy atom. The fourth-order valence-electron chi connectivity index (χ4n) is 3.67. The van der Waals surface area contributed by atoms with Crippen LogP contribution in [0, 0.1) is 0 Å². The molecule has 27 heavy (non-hydrogen) atoms. The molecular weight excluding hydrogens is 362 g/mol. The summed E-state index contributed by atoms with van der Waals surface area (Å²) in [6, 6.07) is 7.83. The lowest BCUT2D eigenvalue weighted by atomic mass is 10.1. The number of carbonyl (C=O) groups excluding carboxylic acids is 1. The van der Waals surface area contributed by atoms with Crippen LogP contribution in [0.5, 0.6) is 0 Å². The predicted octanol–water partition coefficient (Wildman–Crippen LogP) is 2.09. The standard InChI is InChI=1S/C19H25N5O2S/c25-18(22-19-20-14-21-27-19)16-4-1-3-15(11-16)12-23-6-8-24(9-7-23)13-17-5-2-10-26-17/h1,3-4,11,14,17H,2,5-10,12-13H2,(H,20,21,22,25)/t17-/m0/s1. The molecule has 7 nitrogen and oxygen atoms in total. The molecule has 0 spiro atoms. The molecule has 1 aromatic heterocycles. The lowest BCUT2D eigenvalue weighted by Crippen LogP contribution is -2.48. The van der Waals surface area contributed by atoms with E-state index < -0.39 is 0 Å². The van der Waals surface area contributed by atoms with Gasteiger partial charge in [-0.25, -0.2) is 4.98 Å². The molecule has 4 rings (SSSR count). The molecule has 2 fully saturated rings. The summed E-state index contributed by atoms with van der Waals surface area (Å²) in [7, 11) is 0. The summed E-state index contributed by atoms with van der Waals surface area (Å²) in [5.41, 5.74) is 1.81. The summed E-state index contributed by atoms with van der Waals surface area (Å²) in [6.45, 7) is 7.12. The van der Waals surface area contributed by atoms with Gasteiger partial charge >= 0.3 is 0 Å². The molecule has 0 saturated carbocycles. The summed E-state index contributed by atoms with van der Waals surface area (Å²) in [5.74, 6) is -0.144. The minimum absolute atomic E-state index is 0.144. The Balaban J connectivity index is 1.28. The molecule has 1 N–H and O–H groups in total. The third kappa shape index (κ3) is 5.10. The van der Waals surface area contributed by atoms with Crippen molar-refractivity contribution in [1.82, 2.24) is 19.2 Å². The van der Waals surface area contributed by atoms with Crippen LogP contribution in [0.25, 0.3) is 0 Å². The molecule has 0 unspecified atom stereocenters. The molecule has 2 saturated heterocycles. The second-order valence-corrected chi connectivity index (χ2v) is 7.89. The van der Waals surface area contributed by atoms with Crippen molar-refractivity contribution in [1.29, 1.82) is 0 Å². The maximum absolute atomic E-state index is 12.4. The van der Waals surface area contributed by atoms with E-state index in [0.717, 1.165) is 51.4 Å². The average molecular weight is 388 g/mol. The van der Waals surface area contributed by atoms with Gasteiger partial charge in [0.1, 0.15) is 6.33 Å². The number of hydrogen-bond donors (Lipinski definition) is 1. The monoisotopic (exact) mass is 387 g/mol. The van der Waals surface area contributed by atoms with Gasteiger partial charge < -0.3 is 4.74 Å². The van der Waals surface area contributed by atoms with Gasteiger partial charge in [-0.05, 0) is 30.5 Å². The topological polar surface area (TPSA) is 70.6 Å². The molecule has 3 heterocycles. The quantitative estimate of drug-likeness (QED) is 0.818. The SMILES string of the molecule is O=C(Nc1ncns1)c1cccc(CN2CCN(C[C@@H]3CCCO3)CC2)c1. The van der Waals surface area contributed by atoms with Crippen molar-refractivity contribution >= 4 is 22.6 Å². The fraction of sp³-hybridized carbons (Fsp3) is 0.526. The zero-order valence-electron chi connectivity index (χ0n) is 15.3. The molecule has 0 bridgehead atoms. The van der Waals surface area contributed by atoms with Crippen molar-refractivity contribution in [3.8, 4) is 0 Å². The third-order valence-electron chi connectivity index (χ3n) is 5.13. The van der Waals surface area contributed by atoms with E-state index in [9.17, 15) is 4.79 Å². The Labute approximate surface area is 163 Å². The lowest BCUT2D eigenvalue weighted by Gasteiger charge is -2.35. The molecule has 2 aliphatic rings. The zero-order valence-corrected chi connectivity index (χ0v) is 16.2. The largest absolute Gasteiger partial charge is 0.377 e. The third-order valence-corrected chi connectivity index (χ3v) is 5.71. The summed E-state index contributed by atoms with van der Waals surface area (Å²) in [5, 5.41) is 3.30. The number of benzene rings is 1. The molecule has 144 valence electrons. The normalized spacial score (nSPS) is 21.4. The van der Waals surface area contributed by atoms with Crippen molar-refractivity contribution in [3.63, 3.8) is 0 Å². The van der Waals surface area contributed by atoms with Crippen LogP contribution in [0.4, 0.5) is 5.13 Å². The van der Waals surface area contributed by atoms with Gasteiger partial charge in [0.25, 0.3) is 5.91 Å². The molecule has 1 amide bonds. The number of nitrogens with one attached hydrogen (secondary N) is 1. The van der Waals surface area contributed by atoms with E-state index in [2.05, 4.69) is 30.5 Å². The van der Waals surface area contributed by atoms with Crippen molar-refractivity contribution in [2.45, 2.75) is 25.5 Å². The molecular formula is C19H25N5O2S. The van der Waals surface area contributed by atoms with Crippen LogP contribution < -0.4 is 5.32 Å². The number of rotatable bonds is 6. The molecule has 8 heteroatoms. The molecule has 0 aliphatic carbocycles. The Hall–Kier alpha value is -1.87. The first-order valence-electron chi connectivity index (χ1n) is 9.49. The first kappa shape index (κ1) is 18.5. The highest BCUT2D eigenvalue weighted by atomic mass is 32.1. The van der Waals surface area contributed by atoms with E-state index in [-0.39, 0.29) is 5.91 Å². The molecule has 0 radical (unpaired) electrons. The first-order chi connectivity index (χ1) is 13.3. The van der Waals surface area contributed by atoms with Crippen LogP contribution >= 0.6 is 11.5 Å². The minimum atomic E-state index is -0.144. The predicted molar refractivity (Wildman–Crippen MR) is 105 cm³/mol. The maximum atomic E-state index is 12.4. The average Bonchev–Trinajstić information content (AvgIpc) is 3.38. The molecule has 2 aromatic rings. The maximum Gasteiger partial charge on any atom is 0.257 e. The number of carbonyl (C=O) groups is 1. The van der Waals surface area contributed by atoms with Crippen LogP contribution in [-0.2, 0) is 11.3 Å². The number of amides is 1. The summed E-state index contributed by atoms with van der Waals surface area (Å²) in [4.78, 5) is 21.3. The number of nitrogens with zero attached hydrogens (tertiary/aromatic N) is 4. The second kappa shape index (κ2) is 8.88. The summed E-state index contributed by atoms with van der Waals surface area (Å²) < 4.78 is 9.65. The van der Waals surface area contributed by atoms with Gasteiger partial charge in [0.15, 0.2) is 0 Å². The van der Waals surface area contributed by atoms with Crippen molar-refractivity contribution in [2.75, 3.05) is 44.6 Å². The smallest absolute Gasteiger partial charge is 0.257 e. The lowest BCUT2D eigenvalue weighted by molar-refractivity contribution is 0.0489. The van der Waals surface area contributed by atoms with Gasteiger partial charge in [-0.2, -0.15) is 4.37 Å². The Bertz CT molecular complexity index is 740. The number of aromatic nitrogens is 2. The fourth-order valence-corrected chi connectivity index (χ4v) is 4.10. The van der Waals surface area contributed by atoms with Crippen LogP contribution in [-0.4, -0.2) is 70.5 Å². The number of anilines is 1. The van der Waals surface area contributed by atoms with E-state index in [1.807, 2.05) is 18.2 Å². The van der Waals surface area contributed by atoms with E-state index in [4.69, 9.17) is 4.74 Å². The molecule has 2 aliphatic heterocycles. The highest BCUT2D eigenvalue weighted by Crippen LogP contribution is 2.16. The zero-order chi connectivity index (χ0) is 18.5. The van der Waals surface area contributed by atoms with Gasteiger partial charge in [-0.1, -0.05) is 12.1 Å². The van der Waals surface area contributed by atoms with E-state index in [1.165, 1.54) is 30.7 Å². The van der Waals surface area contributed by atoms with Crippen LogP contribution in [0.2, 0.25) is 0 Å². The molecule has 1 atom stereocenters. The van der Waals surface area contributed by atoms with E-state index in [0.29, 0.717) is 16.8 Å². The van der Waals surface area contributed by atoms with Crippen molar-refractivity contribution in [2.24, 2.45) is 0 Å². The van der Waals surface area contributed by atoms with Gasteiger partial charge in [0, 0.05) is 63.0 Å². The van der Waals surface area contributed by atoms with Crippen molar-refractivity contribution in [3.05, 3.63) is 41.7 Å². The van der Waals surface area contributed by atoms with Gasteiger partial charge in [0.2, 0.25) is 5.13 Å². The first-order valence-corrected chi connectivity index (χ1v) is 10.3. The number of piperazine rings is 1. The van der Waals surface area contributed by atoms with Crippen molar-refractivity contribution < 1.29 is 9.53 Å². The van der Waals surface area contributed by atoms with Gasteiger partial charge in [-0.3, -0.25) is 19.9 Å². The minimum Gasteiger partial charge on any atom is -0.377 e. The van der Waals surface area contributed by atoms with Gasteiger partial charge in [-0.15, -0.1) is 0 Å². The Morgan fingerprint density at radius 1 is 1.26 bits per heavy atom. The van der Waals surface area contributed by atoms with E-state index >= 15 is 0 Å². The van der Waals surface area contributed by atoms with Gasteiger partial charge in [0.05, 0.1) is 6.10 Å². The van der Waals surface area contributed by atoms with Crippen LogP contribution in [0.15, 0.2) is 30.6 Å². The second-order valence-electron chi connectivity index (χ2n) is 7.11. The van der Waals surface area contributed by atoms with E-state index in [1.54, 1.807) is 0 Å². The highest BCUT2D eigenvalue weighted by Gasteiger charge is 2.23. The van der Waals surface area contributed by atoms with Crippen LogP contribution in [0.1, 0.15) is 28.8 Å². The number of hydrogen-bond acceptors (Lipinski definition) is 7. The Kier molecular flexibility index (Phi) is 6.08. The Morgan fingerprint density at radius 3 is 2.85 bits per heavy atom.